The van der Waals surface area contributed by atoms with E-state index in [0.717, 1.165) is 34.4 Å². The zero-order chi connectivity index (χ0) is 15.0. The lowest BCUT2D eigenvalue weighted by molar-refractivity contribution is 0.0992. The quantitative estimate of drug-likeness (QED) is 0.789. The van der Waals surface area contributed by atoms with Crippen LogP contribution in [0.5, 0.6) is 5.75 Å². The number of halogens is 1. The van der Waals surface area contributed by atoms with Crippen molar-refractivity contribution in [2.45, 2.75) is 26.7 Å². The van der Waals surface area contributed by atoms with Gasteiger partial charge in [0, 0.05) is 29.0 Å². The molecule has 0 aromatic heterocycles. The first kappa shape index (κ1) is 14.2. The molecular formula is C18H17ClO2. The van der Waals surface area contributed by atoms with Gasteiger partial charge < -0.3 is 4.74 Å². The van der Waals surface area contributed by atoms with Gasteiger partial charge in [-0.3, -0.25) is 4.79 Å². The van der Waals surface area contributed by atoms with E-state index in [1.165, 1.54) is 5.56 Å². The molecule has 0 unspecified atom stereocenters. The number of carbonyl (C=O) groups is 1. The summed E-state index contributed by atoms with van der Waals surface area (Å²) in [4.78, 5) is 12.5. The summed E-state index contributed by atoms with van der Waals surface area (Å²) in [7, 11) is 0. The molecule has 1 heterocycles. The van der Waals surface area contributed by atoms with Crippen molar-refractivity contribution in [2.24, 2.45) is 0 Å². The van der Waals surface area contributed by atoms with Gasteiger partial charge in [0.15, 0.2) is 5.78 Å². The first-order valence-electron chi connectivity index (χ1n) is 7.09. The zero-order valence-corrected chi connectivity index (χ0v) is 13.0. The van der Waals surface area contributed by atoms with Gasteiger partial charge in [0.2, 0.25) is 0 Å². The minimum Gasteiger partial charge on any atom is -0.493 e. The van der Waals surface area contributed by atoms with Crippen LogP contribution in [-0.2, 0) is 12.8 Å². The molecule has 0 bridgehead atoms. The van der Waals surface area contributed by atoms with Gasteiger partial charge in [-0.1, -0.05) is 23.7 Å². The second-order valence-corrected chi connectivity index (χ2v) is 5.99. The molecule has 2 nitrogen and oxygen atoms in total. The topological polar surface area (TPSA) is 26.3 Å². The van der Waals surface area contributed by atoms with Gasteiger partial charge in [0.1, 0.15) is 5.75 Å². The Kier molecular flexibility index (Phi) is 3.73. The van der Waals surface area contributed by atoms with Crippen molar-refractivity contribution in [1.29, 1.82) is 0 Å². The van der Waals surface area contributed by atoms with Crippen LogP contribution in [0.1, 0.15) is 32.6 Å². The molecule has 0 saturated carbocycles. The van der Waals surface area contributed by atoms with Crippen LogP contribution in [0.4, 0.5) is 0 Å². The number of carbonyl (C=O) groups excluding carboxylic acids is 1. The fourth-order valence-corrected chi connectivity index (χ4v) is 2.93. The molecule has 0 atom stereocenters. The average molecular weight is 301 g/mol. The summed E-state index contributed by atoms with van der Waals surface area (Å²) in [5, 5.41) is 0.669. The molecular weight excluding hydrogens is 284 g/mol. The maximum Gasteiger partial charge on any atom is 0.167 e. The van der Waals surface area contributed by atoms with E-state index in [9.17, 15) is 4.79 Å². The van der Waals surface area contributed by atoms with Gasteiger partial charge in [0.05, 0.1) is 6.61 Å². The van der Waals surface area contributed by atoms with Crippen LogP contribution in [0.3, 0.4) is 0 Å². The summed E-state index contributed by atoms with van der Waals surface area (Å²) in [5.41, 5.74) is 5.06. The van der Waals surface area contributed by atoms with E-state index in [4.69, 9.17) is 16.3 Å². The maximum absolute atomic E-state index is 12.5. The molecule has 2 aromatic rings. The van der Waals surface area contributed by atoms with Gasteiger partial charge in [-0.2, -0.15) is 0 Å². The lowest BCUT2D eigenvalue weighted by atomic mass is 9.97. The fraction of sp³-hybridized carbons (Fsp3) is 0.278. The Balaban J connectivity index is 1.90. The average Bonchev–Trinajstić information content (AvgIpc) is 2.90. The summed E-state index contributed by atoms with van der Waals surface area (Å²) in [5.74, 6) is 0.939. The summed E-state index contributed by atoms with van der Waals surface area (Å²) in [6, 6.07) is 9.58. The van der Waals surface area contributed by atoms with Crippen molar-refractivity contribution in [3.63, 3.8) is 0 Å². The second-order valence-electron chi connectivity index (χ2n) is 5.55. The Morgan fingerprint density at radius 1 is 1.19 bits per heavy atom. The van der Waals surface area contributed by atoms with Crippen LogP contribution >= 0.6 is 11.6 Å². The molecule has 0 amide bonds. The van der Waals surface area contributed by atoms with E-state index in [2.05, 4.69) is 0 Å². The number of fused-ring (bicyclic) bond motifs is 1. The van der Waals surface area contributed by atoms with Crippen LogP contribution < -0.4 is 4.74 Å². The van der Waals surface area contributed by atoms with E-state index in [1.54, 1.807) is 0 Å². The SMILES string of the molecule is Cc1ccc(C(=O)Cc2cc(Cl)cc3c2OCC3)cc1C. The highest BCUT2D eigenvalue weighted by Crippen LogP contribution is 2.33. The molecule has 21 heavy (non-hydrogen) atoms. The number of ketones is 1. The molecule has 0 saturated heterocycles. The number of hydrogen-bond donors (Lipinski definition) is 0. The maximum atomic E-state index is 12.5. The standard InChI is InChI=1S/C18H17ClO2/c1-11-3-4-13(7-12(11)2)17(20)10-15-9-16(19)8-14-5-6-21-18(14)15/h3-4,7-9H,5-6,10H2,1-2H3. The van der Waals surface area contributed by atoms with Crippen molar-refractivity contribution in [1.82, 2.24) is 0 Å². The number of ether oxygens (including phenoxy) is 1. The van der Waals surface area contributed by atoms with Gasteiger partial charge in [-0.15, -0.1) is 0 Å². The predicted molar refractivity (Wildman–Crippen MR) is 84.6 cm³/mol. The molecule has 3 rings (SSSR count). The van der Waals surface area contributed by atoms with Gasteiger partial charge in [-0.05, 0) is 48.7 Å². The van der Waals surface area contributed by atoms with Crippen LogP contribution in [0, 0.1) is 13.8 Å². The highest BCUT2D eigenvalue weighted by atomic mass is 35.5. The summed E-state index contributed by atoms with van der Waals surface area (Å²) < 4.78 is 5.65. The lowest BCUT2D eigenvalue weighted by Crippen LogP contribution is -2.05. The monoisotopic (exact) mass is 300 g/mol. The molecule has 1 aliphatic heterocycles. The Morgan fingerprint density at radius 2 is 2.00 bits per heavy atom. The van der Waals surface area contributed by atoms with E-state index in [-0.39, 0.29) is 5.78 Å². The normalized spacial score (nSPS) is 12.9. The summed E-state index contributed by atoms with van der Waals surface area (Å²) >= 11 is 6.14. The first-order chi connectivity index (χ1) is 10.0. The van der Waals surface area contributed by atoms with E-state index in [0.29, 0.717) is 18.1 Å². The van der Waals surface area contributed by atoms with Gasteiger partial charge >= 0.3 is 0 Å². The van der Waals surface area contributed by atoms with E-state index >= 15 is 0 Å². The van der Waals surface area contributed by atoms with Crippen molar-refractivity contribution in [3.8, 4) is 5.75 Å². The largest absolute Gasteiger partial charge is 0.493 e. The third-order valence-corrected chi connectivity index (χ3v) is 4.22. The van der Waals surface area contributed by atoms with Gasteiger partial charge in [0.25, 0.3) is 0 Å². The van der Waals surface area contributed by atoms with Crippen molar-refractivity contribution in [3.05, 3.63) is 63.2 Å². The minimum atomic E-state index is 0.0954. The van der Waals surface area contributed by atoms with Crippen molar-refractivity contribution < 1.29 is 9.53 Å². The molecule has 108 valence electrons. The smallest absolute Gasteiger partial charge is 0.167 e. The van der Waals surface area contributed by atoms with Gasteiger partial charge in [-0.25, -0.2) is 0 Å². The number of rotatable bonds is 3. The van der Waals surface area contributed by atoms with Crippen molar-refractivity contribution in [2.75, 3.05) is 6.61 Å². The number of benzene rings is 2. The fourth-order valence-electron chi connectivity index (χ4n) is 2.67. The Labute approximate surface area is 129 Å². The molecule has 1 aliphatic rings. The molecule has 3 heteroatoms. The van der Waals surface area contributed by atoms with E-state index < -0.39 is 0 Å². The third-order valence-electron chi connectivity index (χ3n) is 4.01. The lowest BCUT2D eigenvalue weighted by Gasteiger charge is -2.09. The minimum absolute atomic E-state index is 0.0954. The zero-order valence-electron chi connectivity index (χ0n) is 12.2. The number of hydrogen-bond acceptors (Lipinski definition) is 2. The second kappa shape index (κ2) is 5.53. The first-order valence-corrected chi connectivity index (χ1v) is 7.47. The van der Waals surface area contributed by atoms with Crippen LogP contribution in [0.25, 0.3) is 0 Å². The highest BCUT2D eigenvalue weighted by Gasteiger charge is 2.20. The summed E-state index contributed by atoms with van der Waals surface area (Å²) in [6.45, 7) is 4.73. The van der Waals surface area contributed by atoms with E-state index in [1.807, 2.05) is 44.2 Å². The summed E-state index contributed by atoms with van der Waals surface area (Å²) in [6.07, 6.45) is 1.19. The highest BCUT2D eigenvalue weighted by molar-refractivity contribution is 6.30. The number of aryl methyl sites for hydroxylation is 2. The Morgan fingerprint density at radius 3 is 2.76 bits per heavy atom. The molecule has 0 aliphatic carbocycles. The number of Topliss-reactive ketones (excluding diaryl/α,β-unsaturated/α-hetero) is 1. The Bertz CT molecular complexity index is 719. The predicted octanol–water partition coefficient (Wildman–Crippen LogP) is 4.32. The molecule has 2 aromatic carbocycles. The van der Waals surface area contributed by atoms with Crippen LogP contribution in [0.15, 0.2) is 30.3 Å². The molecule has 0 radical (unpaired) electrons. The van der Waals surface area contributed by atoms with Crippen LogP contribution in [-0.4, -0.2) is 12.4 Å². The third kappa shape index (κ3) is 2.81. The molecule has 0 spiro atoms. The molecule has 0 fully saturated rings. The van der Waals surface area contributed by atoms with Crippen molar-refractivity contribution >= 4 is 17.4 Å². The molecule has 0 N–H and O–H groups in total. The van der Waals surface area contributed by atoms with Crippen LogP contribution in [0.2, 0.25) is 5.02 Å². The Hall–Kier alpha value is -1.80.